The molecule has 1 saturated carbocycles. The van der Waals surface area contributed by atoms with Crippen LogP contribution in [-0.4, -0.2) is 16.2 Å². The molecule has 5 rings (SSSR count). The van der Waals surface area contributed by atoms with Crippen LogP contribution in [0, 0.1) is 0 Å². The molecule has 29 heavy (non-hydrogen) atoms. The minimum Gasteiger partial charge on any atom is -0.490 e. The quantitative estimate of drug-likeness (QED) is 0.540. The topological polar surface area (TPSA) is 37.4 Å². The summed E-state index contributed by atoms with van der Waals surface area (Å²) >= 11 is 7.51. The number of aromatic nitrogens is 1. The van der Waals surface area contributed by atoms with Crippen molar-refractivity contribution in [1.29, 1.82) is 0 Å². The first-order chi connectivity index (χ1) is 14.3. The van der Waals surface area contributed by atoms with Gasteiger partial charge in [0, 0.05) is 16.8 Å². The lowest BCUT2D eigenvalue weighted by molar-refractivity contribution is 0.210. The summed E-state index contributed by atoms with van der Waals surface area (Å²) in [5, 5.41) is 6.34. The number of hydrogen-bond acceptors (Lipinski definition) is 4. The fourth-order valence-corrected chi connectivity index (χ4v) is 5.46. The van der Waals surface area contributed by atoms with Crippen molar-refractivity contribution in [2.75, 3.05) is 4.90 Å². The predicted molar refractivity (Wildman–Crippen MR) is 122 cm³/mol. The molecule has 3 heterocycles. The van der Waals surface area contributed by atoms with E-state index in [4.69, 9.17) is 17.0 Å². The molecule has 1 saturated heterocycles. The Hall–Kier alpha value is -2.44. The Balaban J connectivity index is 1.45. The first-order valence-electron chi connectivity index (χ1n) is 10.1. The number of anilines is 1. The van der Waals surface area contributed by atoms with E-state index in [9.17, 15) is 0 Å². The third-order valence-electron chi connectivity index (χ3n) is 5.65. The lowest BCUT2D eigenvalue weighted by Gasteiger charge is -2.27. The zero-order valence-electron chi connectivity index (χ0n) is 16.0. The largest absolute Gasteiger partial charge is 0.490 e. The molecule has 2 aromatic heterocycles. The second kappa shape index (κ2) is 8.13. The summed E-state index contributed by atoms with van der Waals surface area (Å²) in [7, 11) is 0. The number of nitrogens with zero attached hydrogens (tertiary/aromatic N) is 2. The summed E-state index contributed by atoms with van der Waals surface area (Å²) in [5.74, 6) is 0.938. The van der Waals surface area contributed by atoms with Crippen LogP contribution >= 0.6 is 23.6 Å². The third-order valence-corrected chi connectivity index (χ3v) is 6.91. The van der Waals surface area contributed by atoms with Gasteiger partial charge < -0.3 is 15.0 Å². The van der Waals surface area contributed by atoms with Crippen LogP contribution in [0.4, 0.5) is 5.69 Å². The Labute approximate surface area is 180 Å². The van der Waals surface area contributed by atoms with Crippen LogP contribution in [0.25, 0.3) is 0 Å². The van der Waals surface area contributed by atoms with Crippen molar-refractivity contribution in [1.82, 2.24) is 10.3 Å². The highest BCUT2D eigenvalue weighted by Gasteiger charge is 2.41. The fraction of sp³-hybridized carbons (Fsp3) is 0.304. The van der Waals surface area contributed by atoms with Crippen molar-refractivity contribution >= 4 is 34.4 Å². The van der Waals surface area contributed by atoms with Gasteiger partial charge >= 0.3 is 0 Å². The van der Waals surface area contributed by atoms with Crippen LogP contribution in [0.2, 0.25) is 0 Å². The minimum atomic E-state index is 0.0109. The number of pyridine rings is 1. The highest BCUT2D eigenvalue weighted by atomic mass is 32.1. The average Bonchev–Trinajstić information content (AvgIpc) is 3.50. The molecule has 0 bridgehead atoms. The second-order valence-electron chi connectivity index (χ2n) is 7.53. The number of thiophene rings is 1. The zero-order valence-corrected chi connectivity index (χ0v) is 17.7. The van der Waals surface area contributed by atoms with Crippen LogP contribution in [0.3, 0.4) is 0 Å². The molecule has 0 spiro atoms. The van der Waals surface area contributed by atoms with E-state index in [0.29, 0.717) is 6.10 Å². The minimum absolute atomic E-state index is 0.0109. The van der Waals surface area contributed by atoms with E-state index in [1.54, 1.807) is 11.3 Å². The van der Waals surface area contributed by atoms with Gasteiger partial charge in [0.05, 0.1) is 23.9 Å². The maximum atomic E-state index is 6.13. The van der Waals surface area contributed by atoms with Crippen molar-refractivity contribution in [3.63, 3.8) is 0 Å². The van der Waals surface area contributed by atoms with Gasteiger partial charge in [0.25, 0.3) is 0 Å². The molecule has 1 aliphatic heterocycles. The smallest absolute Gasteiger partial charge is 0.174 e. The van der Waals surface area contributed by atoms with E-state index in [2.05, 4.69) is 63.0 Å². The SMILES string of the molecule is S=C1NC(c2ccccn2)C(c2cccs2)N1c1ccc(OC2CCCC2)cc1. The summed E-state index contributed by atoms with van der Waals surface area (Å²) in [6.45, 7) is 0. The Morgan fingerprint density at radius 3 is 2.55 bits per heavy atom. The fourth-order valence-electron chi connectivity index (χ4n) is 4.27. The molecule has 2 atom stereocenters. The highest BCUT2D eigenvalue weighted by Crippen LogP contribution is 2.43. The molecule has 0 radical (unpaired) electrons. The van der Waals surface area contributed by atoms with Gasteiger partial charge in [-0.1, -0.05) is 12.1 Å². The van der Waals surface area contributed by atoms with E-state index in [1.807, 2.05) is 18.3 Å². The Kier molecular flexibility index (Phi) is 5.21. The summed E-state index contributed by atoms with van der Waals surface area (Å²) in [6.07, 6.45) is 7.07. The van der Waals surface area contributed by atoms with Gasteiger partial charge in [0.15, 0.2) is 5.11 Å². The van der Waals surface area contributed by atoms with Crippen LogP contribution in [0.5, 0.6) is 5.75 Å². The molecule has 148 valence electrons. The molecule has 3 aromatic rings. The number of nitrogens with one attached hydrogen (secondary N) is 1. The van der Waals surface area contributed by atoms with Gasteiger partial charge in [-0.05, 0) is 85.7 Å². The standard InChI is InChI=1S/C23H23N3OS2/c28-23-25-21(19-8-3-4-14-24-19)22(20-9-5-15-29-20)26(23)16-10-12-18(13-11-16)27-17-6-1-2-7-17/h3-5,8-15,17,21-22H,1-2,6-7H2,(H,25,28). The zero-order chi connectivity index (χ0) is 19.6. The highest BCUT2D eigenvalue weighted by molar-refractivity contribution is 7.80. The van der Waals surface area contributed by atoms with E-state index in [-0.39, 0.29) is 12.1 Å². The van der Waals surface area contributed by atoms with Crippen LogP contribution in [-0.2, 0) is 0 Å². The lowest BCUT2D eigenvalue weighted by Crippen LogP contribution is -2.29. The first kappa shape index (κ1) is 18.6. The maximum absolute atomic E-state index is 6.13. The summed E-state index contributed by atoms with van der Waals surface area (Å²) < 4.78 is 6.13. The molecule has 0 amide bonds. The number of ether oxygens (including phenoxy) is 1. The Morgan fingerprint density at radius 1 is 1.03 bits per heavy atom. The number of rotatable bonds is 5. The average molecular weight is 422 g/mol. The van der Waals surface area contributed by atoms with Crippen LogP contribution < -0.4 is 15.0 Å². The summed E-state index contributed by atoms with van der Waals surface area (Å²) in [4.78, 5) is 8.06. The monoisotopic (exact) mass is 421 g/mol. The van der Waals surface area contributed by atoms with Crippen molar-refractivity contribution in [3.05, 3.63) is 76.7 Å². The van der Waals surface area contributed by atoms with Crippen molar-refractivity contribution in [2.45, 2.75) is 43.9 Å². The molecule has 1 N–H and O–H groups in total. The molecule has 2 aliphatic rings. The van der Waals surface area contributed by atoms with Gasteiger partial charge in [-0.2, -0.15) is 0 Å². The van der Waals surface area contributed by atoms with Crippen molar-refractivity contribution < 1.29 is 4.74 Å². The molecule has 1 aliphatic carbocycles. The van der Waals surface area contributed by atoms with Crippen molar-refractivity contribution in [2.24, 2.45) is 0 Å². The molecular weight excluding hydrogens is 398 g/mol. The molecule has 2 fully saturated rings. The molecule has 2 unspecified atom stereocenters. The van der Waals surface area contributed by atoms with Crippen LogP contribution in [0.1, 0.15) is 48.3 Å². The van der Waals surface area contributed by atoms with Crippen molar-refractivity contribution in [3.8, 4) is 5.75 Å². The van der Waals surface area contributed by atoms with E-state index < -0.39 is 0 Å². The third kappa shape index (κ3) is 3.74. The van der Waals surface area contributed by atoms with Gasteiger partial charge in [-0.25, -0.2) is 0 Å². The predicted octanol–water partition coefficient (Wildman–Crippen LogP) is 5.64. The maximum Gasteiger partial charge on any atom is 0.174 e. The Bertz CT molecular complexity index is 954. The molecule has 6 heteroatoms. The van der Waals surface area contributed by atoms with Gasteiger partial charge in [-0.15, -0.1) is 11.3 Å². The van der Waals surface area contributed by atoms with E-state index >= 15 is 0 Å². The molecule has 1 aromatic carbocycles. The number of hydrogen-bond donors (Lipinski definition) is 1. The molecule has 4 nitrogen and oxygen atoms in total. The van der Waals surface area contributed by atoms with E-state index in [0.717, 1.165) is 35.1 Å². The lowest BCUT2D eigenvalue weighted by atomic mass is 10.0. The van der Waals surface area contributed by atoms with Gasteiger partial charge in [0.1, 0.15) is 5.75 Å². The Morgan fingerprint density at radius 2 is 1.86 bits per heavy atom. The second-order valence-corrected chi connectivity index (χ2v) is 8.90. The number of benzene rings is 1. The number of thiocarbonyl (C=S) groups is 1. The first-order valence-corrected chi connectivity index (χ1v) is 11.4. The molecular formula is C23H23N3OS2. The normalized spacial score (nSPS) is 22.1. The van der Waals surface area contributed by atoms with Gasteiger partial charge in [0.2, 0.25) is 0 Å². The van der Waals surface area contributed by atoms with E-state index in [1.165, 1.54) is 17.7 Å². The van der Waals surface area contributed by atoms with Gasteiger partial charge in [-0.3, -0.25) is 4.98 Å². The summed E-state index contributed by atoms with van der Waals surface area (Å²) in [5.41, 5.74) is 2.06. The summed E-state index contributed by atoms with van der Waals surface area (Å²) in [6, 6.07) is 18.7. The van der Waals surface area contributed by atoms with Crippen LogP contribution in [0.15, 0.2) is 66.2 Å².